The Kier molecular flexibility index (Phi) is 7.30. The number of nitrogens with one attached hydrogen (secondary N) is 2. The molecule has 1 aliphatic rings. The first-order chi connectivity index (χ1) is 10.6. The Morgan fingerprint density at radius 3 is 3.00 bits per heavy atom. The van der Waals surface area contributed by atoms with Gasteiger partial charge in [-0.1, -0.05) is 23.2 Å². The summed E-state index contributed by atoms with van der Waals surface area (Å²) in [5, 5.41) is 7.35. The van der Waals surface area contributed by atoms with E-state index in [4.69, 9.17) is 27.9 Å². The van der Waals surface area contributed by atoms with E-state index < -0.39 is 0 Å². The summed E-state index contributed by atoms with van der Waals surface area (Å²) in [5.74, 6) is 1.38. The van der Waals surface area contributed by atoms with Crippen molar-refractivity contribution >= 4 is 29.1 Å². The summed E-state index contributed by atoms with van der Waals surface area (Å²) in [4.78, 5) is 11.7. The average molecular weight is 345 g/mol. The van der Waals surface area contributed by atoms with Crippen LogP contribution in [0.4, 0.5) is 0 Å². The molecule has 2 rings (SSSR count). The van der Waals surface area contributed by atoms with Gasteiger partial charge in [0.2, 0.25) is 5.91 Å². The van der Waals surface area contributed by atoms with Crippen molar-refractivity contribution in [1.82, 2.24) is 10.6 Å². The van der Waals surface area contributed by atoms with E-state index in [1.54, 1.807) is 18.2 Å². The number of carbonyl (C=O) groups excluding carboxylic acids is 1. The van der Waals surface area contributed by atoms with E-state index >= 15 is 0 Å². The van der Waals surface area contributed by atoms with Gasteiger partial charge in [-0.3, -0.25) is 4.79 Å². The van der Waals surface area contributed by atoms with Gasteiger partial charge in [0.15, 0.2) is 0 Å². The van der Waals surface area contributed by atoms with Gasteiger partial charge in [0, 0.05) is 18.0 Å². The van der Waals surface area contributed by atoms with Crippen molar-refractivity contribution in [3.05, 3.63) is 28.2 Å². The molecule has 1 heterocycles. The Balaban J connectivity index is 1.54. The monoisotopic (exact) mass is 344 g/mol. The fourth-order valence-electron chi connectivity index (χ4n) is 2.47. The minimum atomic E-state index is 0.0803. The predicted octanol–water partition coefficient (Wildman–Crippen LogP) is 3.27. The van der Waals surface area contributed by atoms with Crippen molar-refractivity contribution in [2.24, 2.45) is 5.92 Å². The lowest BCUT2D eigenvalue weighted by Gasteiger charge is -2.10. The van der Waals surface area contributed by atoms with Gasteiger partial charge >= 0.3 is 0 Å². The molecule has 0 bridgehead atoms. The Morgan fingerprint density at radius 1 is 1.41 bits per heavy atom. The third kappa shape index (κ3) is 6.03. The zero-order chi connectivity index (χ0) is 15.8. The van der Waals surface area contributed by atoms with Crippen LogP contribution in [0.25, 0.3) is 0 Å². The number of halogens is 2. The zero-order valence-electron chi connectivity index (χ0n) is 12.5. The number of rotatable bonds is 8. The Bertz CT molecular complexity index is 491. The Morgan fingerprint density at radius 2 is 2.27 bits per heavy atom. The molecule has 1 amide bonds. The summed E-state index contributed by atoms with van der Waals surface area (Å²) >= 11 is 11.8. The fraction of sp³-hybridized carbons (Fsp3) is 0.562. The summed E-state index contributed by atoms with van der Waals surface area (Å²) in [5.41, 5.74) is 0. The molecule has 0 aromatic heterocycles. The van der Waals surface area contributed by atoms with Crippen molar-refractivity contribution in [2.75, 3.05) is 26.2 Å². The van der Waals surface area contributed by atoms with E-state index in [2.05, 4.69) is 10.6 Å². The first-order valence-corrected chi connectivity index (χ1v) is 8.46. The van der Waals surface area contributed by atoms with Gasteiger partial charge in [0.05, 0.1) is 11.6 Å². The summed E-state index contributed by atoms with van der Waals surface area (Å²) in [6, 6.07) is 5.11. The molecular weight excluding hydrogens is 323 g/mol. The molecule has 1 aliphatic heterocycles. The van der Waals surface area contributed by atoms with Gasteiger partial charge in [-0.15, -0.1) is 0 Å². The second kappa shape index (κ2) is 9.23. The molecule has 122 valence electrons. The van der Waals surface area contributed by atoms with E-state index in [9.17, 15) is 4.79 Å². The molecule has 0 aliphatic carbocycles. The lowest BCUT2D eigenvalue weighted by atomic mass is 10.1. The molecule has 1 fully saturated rings. The fourth-order valence-corrected chi connectivity index (χ4v) is 2.94. The van der Waals surface area contributed by atoms with Crippen LogP contribution in [0.2, 0.25) is 10.0 Å². The first kappa shape index (κ1) is 17.4. The third-order valence-electron chi connectivity index (χ3n) is 3.74. The van der Waals surface area contributed by atoms with E-state index in [-0.39, 0.29) is 5.91 Å². The largest absolute Gasteiger partial charge is 0.492 e. The molecule has 1 saturated heterocycles. The zero-order valence-corrected chi connectivity index (χ0v) is 14.1. The van der Waals surface area contributed by atoms with Crippen LogP contribution in [0.1, 0.15) is 25.7 Å². The van der Waals surface area contributed by atoms with Crippen molar-refractivity contribution in [3.8, 4) is 5.75 Å². The molecule has 2 N–H and O–H groups in total. The quantitative estimate of drug-likeness (QED) is 0.711. The summed E-state index contributed by atoms with van der Waals surface area (Å²) in [7, 11) is 0. The van der Waals surface area contributed by atoms with Crippen LogP contribution < -0.4 is 15.4 Å². The van der Waals surface area contributed by atoms with E-state index in [1.165, 1.54) is 6.42 Å². The maximum atomic E-state index is 11.7. The second-order valence-corrected chi connectivity index (χ2v) is 6.37. The Labute approximate surface area is 141 Å². The number of ether oxygens (including phenoxy) is 1. The number of hydrogen-bond donors (Lipinski definition) is 2. The van der Waals surface area contributed by atoms with Gasteiger partial charge in [0.1, 0.15) is 5.75 Å². The van der Waals surface area contributed by atoms with E-state index in [0.29, 0.717) is 41.2 Å². The summed E-state index contributed by atoms with van der Waals surface area (Å²) in [6.45, 7) is 3.39. The van der Waals surface area contributed by atoms with Gasteiger partial charge in [-0.25, -0.2) is 0 Å². The van der Waals surface area contributed by atoms with Crippen LogP contribution in [0, 0.1) is 5.92 Å². The highest BCUT2D eigenvalue weighted by Crippen LogP contribution is 2.27. The molecule has 1 aromatic carbocycles. The molecule has 6 heteroatoms. The maximum absolute atomic E-state index is 11.7. The van der Waals surface area contributed by atoms with Crippen molar-refractivity contribution in [3.63, 3.8) is 0 Å². The highest BCUT2D eigenvalue weighted by Gasteiger charge is 2.14. The van der Waals surface area contributed by atoms with Crippen LogP contribution in [-0.2, 0) is 4.79 Å². The molecule has 0 radical (unpaired) electrons. The molecule has 22 heavy (non-hydrogen) atoms. The second-order valence-electron chi connectivity index (χ2n) is 5.52. The van der Waals surface area contributed by atoms with E-state index in [1.807, 2.05) is 0 Å². The van der Waals surface area contributed by atoms with Gasteiger partial charge in [-0.2, -0.15) is 0 Å². The van der Waals surface area contributed by atoms with Gasteiger partial charge in [0.25, 0.3) is 0 Å². The summed E-state index contributed by atoms with van der Waals surface area (Å²) < 4.78 is 5.55. The van der Waals surface area contributed by atoms with Crippen molar-refractivity contribution in [1.29, 1.82) is 0 Å². The summed E-state index contributed by atoms with van der Waals surface area (Å²) in [6.07, 6.45) is 3.39. The normalized spacial score (nSPS) is 17.5. The van der Waals surface area contributed by atoms with Crippen LogP contribution in [-0.4, -0.2) is 32.1 Å². The smallest absolute Gasteiger partial charge is 0.220 e. The molecule has 4 nitrogen and oxygen atoms in total. The Hall–Kier alpha value is -0.970. The lowest BCUT2D eigenvalue weighted by Crippen LogP contribution is -2.26. The molecule has 1 unspecified atom stereocenters. The van der Waals surface area contributed by atoms with Gasteiger partial charge in [-0.05, 0) is 56.5 Å². The highest BCUT2D eigenvalue weighted by molar-refractivity contribution is 6.35. The van der Waals surface area contributed by atoms with Gasteiger partial charge < -0.3 is 15.4 Å². The first-order valence-electron chi connectivity index (χ1n) is 7.70. The van der Waals surface area contributed by atoms with Crippen LogP contribution in [0.3, 0.4) is 0 Å². The number of carbonyl (C=O) groups is 1. The van der Waals surface area contributed by atoms with Crippen molar-refractivity contribution in [2.45, 2.75) is 25.7 Å². The minimum absolute atomic E-state index is 0.0803. The molecule has 1 atom stereocenters. The maximum Gasteiger partial charge on any atom is 0.220 e. The average Bonchev–Trinajstić information content (AvgIpc) is 2.99. The molecular formula is C16H22Cl2N2O2. The lowest BCUT2D eigenvalue weighted by molar-refractivity contribution is -0.121. The predicted molar refractivity (Wildman–Crippen MR) is 89.8 cm³/mol. The molecule has 0 spiro atoms. The number of benzene rings is 1. The number of hydrogen-bond acceptors (Lipinski definition) is 3. The van der Waals surface area contributed by atoms with E-state index in [0.717, 1.165) is 26.1 Å². The molecule has 1 aromatic rings. The standard InChI is InChI=1S/C16H22Cl2N2O2/c17-13-3-4-15(14(18)10-13)22-9-1-2-16(21)20-8-6-12-5-7-19-11-12/h3-4,10,12,19H,1-2,5-9,11H2,(H,20,21). The highest BCUT2D eigenvalue weighted by atomic mass is 35.5. The van der Waals surface area contributed by atoms with Crippen LogP contribution >= 0.6 is 23.2 Å². The van der Waals surface area contributed by atoms with Crippen LogP contribution in [0.15, 0.2) is 18.2 Å². The molecule has 0 saturated carbocycles. The van der Waals surface area contributed by atoms with Crippen molar-refractivity contribution < 1.29 is 9.53 Å². The minimum Gasteiger partial charge on any atom is -0.492 e. The SMILES string of the molecule is O=C(CCCOc1ccc(Cl)cc1Cl)NCCC1CCNC1. The number of amides is 1. The van der Waals surface area contributed by atoms with Crippen LogP contribution in [0.5, 0.6) is 5.75 Å². The third-order valence-corrected chi connectivity index (χ3v) is 4.27. The topological polar surface area (TPSA) is 50.4 Å².